The Morgan fingerprint density at radius 2 is 2.00 bits per heavy atom. The molecule has 4 heteroatoms. The highest BCUT2D eigenvalue weighted by atomic mass is 35.5. The maximum Gasteiger partial charge on any atom is 0.303 e. The van der Waals surface area contributed by atoms with Gasteiger partial charge in [-0.25, -0.2) is 0 Å². The van der Waals surface area contributed by atoms with Crippen molar-refractivity contribution in [1.82, 2.24) is 0 Å². The van der Waals surface area contributed by atoms with Crippen molar-refractivity contribution in [3.63, 3.8) is 0 Å². The second kappa shape index (κ2) is 6.30. The van der Waals surface area contributed by atoms with Crippen molar-refractivity contribution >= 4 is 23.3 Å². The first kappa shape index (κ1) is 11.9. The summed E-state index contributed by atoms with van der Waals surface area (Å²) >= 11 is 5.54. The zero-order valence-electron chi connectivity index (χ0n) is 8.37. The highest BCUT2D eigenvalue weighted by molar-refractivity contribution is 6.18. The van der Waals surface area contributed by atoms with Crippen molar-refractivity contribution in [2.24, 2.45) is 0 Å². The minimum absolute atomic E-state index is 0.175. The van der Waals surface area contributed by atoms with Gasteiger partial charge in [0.25, 0.3) is 0 Å². The van der Waals surface area contributed by atoms with E-state index < -0.39 is 5.97 Å². The summed E-state index contributed by atoms with van der Waals surface area (Å²) in [5, 5.41) is 11.7. The zero-order valence-corrected chi connectivity index (χ0v) is 9.13. The number of carboxylic acids is 1. The van der Waals surface area contributed by atoms with Gasteiger partial charge < -0.3 is 10.4 Å². The van der Waals surface area contributed by atoms with Crippen molar-refractivity contribution < 1.29 is 9.90 Å². The number of carboxylic acid groups (broad SMARTS) is 1. The lowest BCUT2D eigenvalue weighted by Crippen LogP contribution is -2.02. The van der Waals surface area contributed by atoms with E-state index in [2.05, 4.69) is 5.32 Å². The molecule has 2 N–H and O–H groups in total. The molecule has 82 valence electrons. The molecule has 0 radical (unpaired) electrons. The smallest absolute Gasteiger partial charge is 0.303 e. The third-order valence-corrected chi connectivity index (χ3v) is 2.19. The summed E-state index contributed by atoms with van der Waals surface area (Å²) in [4.78, 5) is 10.4. The van der Waals surface area contributed by atoms with Crippen LogP contribution in [0.5, 0.6) is 0 Å². The van der Waals surface area contributed by atoms with Gasteiger partial charge in [0, 0.05) is 24.5 Å². The lowest BCUT2D eigenvalue weighted by molar-refractivity contribution is -0.136. The van der Waals surface area contributed by atoms with Crippen LogP contribution in [-0.2, 0) is 11.2 Å². The van der Waals surface area contributed by atoms with Crippen molar-refractivity contribution in [3.8, 4) is 0 Å². The SMILES string of the molecule is O=C(O)CCc1ccc(NCCCl)cc1. The highest BCUT2D eigenvalue weighted by Crippen LogP contribution is 2.10. The number of alkyl halides is 1. The molecule has 0 unspecified atom stereocenters. The molecule has 0 atom stereocenters. The Morgan fingerprint density at radius 1 is 1.33 bits per heavy atom. The van der Waals surface area contributed by atoms with E-state index in [1.165, 1.54) is 0 Å². The van der Waals surface area contributed by atoms with E-state index in [1.54, 1.807) is 0 Å². The molecule has 3 nitrogen and oxygen atoms in total. The summed E-state index contributed by atoms with van der Waals surface area (Å²) in [5.74, 6) is -0.194. The predicted molar refractivity (Wildman–Crippen MR) is 61.6 cm³/mol. The van der Waals surface area contributed by atoms with Crippen LogP contribution in [-0.4, -0.2) is 23.5 Å². The number of nitrogens with one attached hydrogen (secondary N) is 1. The van der Waals surface area contributed by atoms with Gasteiger partial charge in [-0.15, -0.1) is 11.6 Å². The fourth-order valence-electron chi connectivity index (χ4n) is 1.23. The van der Waals surface area contributed by atoms with Gasteiger partial charge in [0.1, 0.15) is 0 Å². The number of aliphatic carboxylic acids is 1. The summed E-state index contributed by atoms with van der Waals surface area (Å²) in [5.41, 5.74) is 2.04. The molecule has 0 spiro atoms. The molecule has 0 aliphatic carbocycles. The molecule has 1 aromatic carbocycles. The molecule has 0 amide bonds. The molecule has 0 saturated carbocycles. The Morgan fingerprint density at radius 3 is 2.53 bits per heavy atom. The van der Waals surface area contributed by atoms with Crippen molar-refractivity contribution in [2.75, 3.05) is 17.7 Å². The van der Waals surface area contributed by atoms with E-state index in [1.807, 2.05) is 24.3 Å². The summed E-state index contributed by atoms with van der Waals surface area (Å²) in [6, 6.07) is 7.73. The number of anilines is 1. The predicted octanol–water partition coefficient (Wildman–Crippen LogP) is 2.35. The lowest BCUT2D eigenvalue weighted by Gasteiger charge is -2.05. The minimum atomic E-state index is -0.764. The fourth-order valence-corrected chi connectivity index (χ4v) is 1.33. The van der Waals surface area contributed by atoms with Crippen LogP contribution in [0.2, 0.25) is 0 Å². The van der Waals surface area contributed by atoms with Crippen LogP contribution in [0.25, 0.3) is 0 Å². The number of hydrogen-bond acceptors (Lipinski definition) is 2. The van der Waals surface area contributed by atoms with E-state index in [0.717, 1.165) is 17.8 Å². The van der Waals surface area contributed by atoms with E-state index in [-0.39, 0.29) is 6.42 Å². The van der Waals surface area contributed by atoms with Gasteiger partial charge in [-0.2, -0.15) is 0 Å². The monoisotopic (exact) mass is 227 g/mol. The maximum absolute atomic E-state index is 10.4. The van der Waals surface area contributed by atoms with Gasteiger partial charge in [0.15, 0.2) is 0 Å². The molecule has 0 heterocycles. The van der Waals surface area contributed by atoms with E-state index >= 15 is 0 Å². The largest absolute Gasteiger partial charge is 0.481 e. The standard InChI is InChI=1S/C11H14ClNO2/c12-7-8-13-10-4-1-9(2-5-10)3-6-11(14)15/h1-2,4-5,13H,3,6-8H2,(H,14,15). The first-order valence-electron chi connectivity index (χ1n) is 4.83. The van der Waals surface area contributed by atoms with Crippen molar-refractivity contribution in [1.29, 1.82) is 0 Å². The number of benzene rings is 1. The first-order valence-corrected chi connectivity index (χ1v) is 5.36. The van der Waals surface area contributed by atoms with Crippen molar-refractivity contribution in [3.05, 3.63) is 29.8 Å². The molecule has 0 aromatic heterocycles. The second-order valence-corrected chi connectivity index (χ2v) is 3.58. The Hall–Kier alpha value is -1.22. The highest BCUT2D eigenvalue weighted by Gasteiger charge is 1.98. The summed E-state index contributed by atoms with van der Waals surface area (Å²) < 4.78 is 0. The van der Waals surface area contributed by atoms with E-state index in [9.17, 15) is 4.79 Å². The van der Waals surface area contributed by atoms with Crippen LogP contribution >= 0.6 is 11.6 Å². The first-order chi connectivity index (χ1) is 7.22. The summed E-state index contributed by atoms with van der Waals surface area (Å²) in [7, 11) is 0. The Labute approximate surface area is 94.1 Å². The van der Waals surface area contributed by atoms with Crippen LogP contribution in [0.3, 0.4) is 0 Å². The number of hydrogen-bond donors (Lipinski definition) is 2. The van der Waals surface area contributed by atoms with Crippen LogP contribution < -0.4 is 5.32 Å². The number of aryl methyl sites for hydroxylation is 1. The van der Waals surface area contributed by atoms with E-state index in [4.69, 9.17) is 16.7 Å². The molecular formula is C11H14ClNO2. The number of halogens is 1. The van der Waals surface area contributed by atoms with Crippen LogP contribution in [0, 0.1) is 0 Å². The van der Waals surface area contributed by atoms with Crippen molar-refractivity contribution in [2.45, 2.75) is 12.8 Å². The molecule has 0 aliphatic rings. The van der Waals surface area contributed by atoms with Gasteiger partial charge in [-0.1, -0.05) is 12.1 Å². The Balaban J connectivity index is 2.45. The van der Waals surface area contributed by atoms with Gasteiger partial charge >= 0.3 is 5.97 Å². The minimum Gasteiger partial charge on any atom is -0.481 e. The average Bonchev–Trinajstić information content (AvgIpc) is 2.25. The number of rotatable bonds is 6. The van der Waals surface area contributed by atoms with Gasteiger partial charge in [-0.05, 0) is 24.1 Å². The maximum atomic E-state index is 10.4. The van der Waals surface area contributed by atoms with Gasteiger partial charge in [0.2, 0.25) is 0 Å². The molecule has 1 rings (SSSR count). The third-order valence-electron chi connectivity index (χ3n) is 2.01. The second-order valence-electron chi connectivity index (χ2n) is 3.21. The molecule has 0 saturated heterocycles. The molecule has 15 heavy (non-hydrogen) atoms. The lowest BCUT2D eigenvalue weighted by atomic mass is 10.1. The molecule has 1 aromatic rings. The van der Waals surface area contributed by atoms with Crippen LogP contribution in [0.15, 0.2) is 24.3 Å². The van der Waals surface area contributed by atoms with Crippen LogP contribution in [0.4, 0.5) is 5.69 Å². The van der Waals surface area contributed by atoms with Crippen LogP contribution in [0.1, 0.15) is 12.0 Å². The topological polar surface area (TPSA) is 49.3 Å². The molecule has 0 aliphatic heterocycles. The Bertz CT molecular complexity index is 311. The Kier molecular flexibility index (Phi) is 4.98. The van der Waals surface area contributed by atoms with E-state index in [0.29, 0.717) is 12.3 Å². The summed E-state index contributed by atoms with van der Waals surface area (Å²) in [6.07, 6.45) is 0.750. The van der Waals surface area contributed by atoms with Gasteiger partial charge in [-0.3, -0.25) is 4.79 Å². The van der Waals surface area contributed by atoms with Gasteiger partial charge in [0.05, 0.1) is 0 Å². The third kappa shape index (κ3) is 4.70. The molecule has 0 fully saturated rings. The number of carbonyl (C=O) groups is 1. The molecule has 0 bridgehead atoms. The fraction of sp³-hybridized carbons (Fsp3) is 0.364. The average molecular weight is 228 g/mol. The normalized spacial score (nSPS) is 9.93. The molecular weight excluding hydrogens is 214 g/mol. The zero-order chi connectivity index (χ0) is 11.1. The summed E-state index contributed by atoms with van der Waals surface area (Å²) in [6.45, 7) is 0.732. The quantitative estimate of drug-likeness (QED) is 0.734.